The third-order valence-corrected chi connectivity index (χ3v) is 4.02. The number of nitrogens with zero attached hydrogens (tertiary/aromatic N) is 5. The highest BCUT2D eigenvalue weighted by Gasteiger charge is 2.29. The number of fused-ring (bicyclic) bond motifs is 1. The Bertz CT molecular complexity index is 878. The van der Waals surface area contributed by atoms with Gasteiger partial charge in [-0.25, -0.2) is 15.0 Å². The number of carbonyl (C=O) groups is 1. The van der Waals surface area contributed by atoms with Crippen molar-refractivity contribution in [3.63, 3.8) is 0 Å². The number of carbonyl (C=O) groups excluding carboxylic acids is 1. The van der Waals surface area contributed by atoms with Crippen molar-refractivity contribution in [1.82, 2.24) is 19.9 Å². The van der Waals surface area contributed by atoms with E-state index in [1.165, 1.54) is 0 Å². The second-order valence-electron chi connectivity index (χ2n) is 5.58. The summed E-state index contributed by atoms with van der Waals surface area (Å²) >= 11 is 0. The molecule has 0 unspecified atom stereocenters. The largest absolute Gasteiger partial charge is 0.467 e. The number of anilines is 1. The minimum Gasteiger partial charge on any atom is -0.467 e. The van der Waals surface area contributed by atoms with Crippen molar-refractivity contribution in [3.8, 4) is 11.5 Å². The smallest absolute Gasteiger partial charge is 0.228 e. The highest BCUT2D eigenvalue weighted by Crippen LogP contribution is 2.31. The summed E-state index contributed by atoms with van der Waals surface area (Å²) in [5, 5.41) is 0. The maximum absolute atomic E-state index is 12.4. The predicted octanol–water partition coefficient (Wildman–Crippen LogP) is 2.31. The van der Waals surface area contributed by atoms with Gasteiger partial charge in [-0.2, -0.15) is 0 Å². The van der Waals surface area contributed by atoms with Gasteiger partial charge in [0.2, 0.25) is 5.91 Å². The standard InChI is InChI=1S/C17H15N5O2/c1-11-13-4-5-15(23)22(10-12-3-2-8-24-12)17(13)21-16(20-11)14-9-18-6-7-19-14/h2-3,6-9H,4-5,10H2,1H3. The first-order valence-corrected chi connectivity index (χ1v) is 7.69. The Labute approximate surface area is 138 Å². The van der Waals surface area contributed by atoms with Crippen LogP contribution in [0.5, 0.6) is 0 Å². The van der Waals surface area contributed by atoms with Gasteiger partial charge in [-0.3, -0.25) is 14.7 Å². The van der Waals surface area contributed by atoms with Gasteiger partial charge in [0.15, 0.2) is 5.82 Å². The average Bonchev–Trinajstić information content (AvgIpc) is 3.11. The Kier molecular flexibility index (Phi) is 3.53. The molecule has 0 atom stereocenters. The van der Waals surface area contributed by atoms with Gasteiger partial charge in [-0.15, -0.1) is 0 Å². The summed E-state index contributed by atoms with van der Waals surface area (Å²) in [6.07, 6.45) is 7.50. The second kappa shape index (κ2) is 5.84. The highest BCUT2D eigenvalue weighted by atomic mass is 16.3. The molecule has 1 aliphatic rings. The summed E-state index contributed by atoms with van der Waals surface area (Å²) in [5.74, 6) is 1.85. The molecule has 3 aromatic heterocycles. The zero-order chi connectivity index (χ0) is 16.5. The number of furan rings is 1. The lowest BCUT2D eigenvalue weighted by Gasteiger charge is -2.28. The van der Waals surface area contributed by atoms with Crippen LogP contribution in [0.1, 0.15) is 23.4 Å². The van der Waals surface area contributed by atoms with Crippen LogP contribution in [0.2, 0.25) is 0 Å². The van der Waals surface area contributed by atoms with Crippen molar-refractivity contribution < 1.29 is 9.21 Å². The zero-order valence-electron chi connectivity index (χ0n) is 13.1. The molecule has 0 aromatic carbocycles. The molecule has 0 bridgehead atoms. The normalized spacial score (nSPS) is 13.9. The van der Waals surface area contributed by atoms with Crippen LogP contribution in [0.4, 0.5) is 5.82 Å². The van der Waals surface area contributed by atoms with Crippen LogP contribution in [0.15, 0.2) is 41.4 Å². The number of rotatable bonds is 3. The summed E-state index contributed by atoms with van der Waals surface area (Å²) in [6.45, 7) is 2.29. The molecule has 3 aromatic rings. The first-order valence-electron chi connectivity index (χ1n) is 7.69. The summed E-state index contributed by atoms with van der Waals surface area (Å²) in [6, 6.07) is 3.65. The minimum atomic E-state index is 0.0297. The van der Waals surface area contributed by atoms with E-state index >= 15 is 0 Å². The van der Waals surface area contributed by atoms with Gasteiger partial charge >= 0.3 is 0 Å². The van der Waals surface area contributed by atoms with Gasteiger partial charge in [0.05, 0.1) is 19.0 Å². The SMILES string of the molecule is Cc1nc(-c2cnccn2)nc2c1CCC(=O)N2Cc1ccco1. The summed E-state index contributed by atoms with van der Waals surface area (Å²) in [4.78, 5) is 31.6. The predicted molar refractivity (Wildman–Crippen MR) is 86.0 cm³/mol. The fourth-order valence-electron chi connectivity index (χ4n) is 2.83. The maximum atomic E-state index is 12.4. The topological polar surface area (TPSA) is 85.0 Å². The molecule has 7 heteroatoms. The molecule has 120 valence electrons. The van der Waals surface area contributed by atoms with Crippen LogP contribution in [-0.2, 0) is 17.8 Å². The van der Waals surface area contributed by atoms with Crippen molar-refractivity contribution in [3.05, 3.63) is 54.0 Å². The molecule has 4 rings (SSSR count). The molecule has 0 saturated carbocycles. The van der Waals surface area contributed by atoms with Crippen molar-refractivity contribution >= 4 is 11.7 Å². The van der Waals surface area contributed by atoms with Crippen LogP contribution in [-0.4, -0.2) is 25.8 Å². The number of amides is 1. The van der Waals surface area contributed by atoms with E-state index in [9.17, 15) is 4.79 Å². The van der Waals surface area contributed by atoms with E-state index in [1.54, 1.807) is 35.8 Å². The molecule has 7 nitrogen and oxygen atoms in total. The van der Waals surface area contributed by atoms with E-state index in [1.807, 2.05) is 13.0 Å². The summed E-state index contributed by atoms with van der Waals surface area (Å²) < 4.78 is 5.39. The molecular formula is C17H15N5O2. The van der Waals surface area contributed by atoms with E-state index < -0.39 is 0 Å². The van der Waals surface area contributed by atoms with E-state index in [-0.39, 0.29) is 5.91 Å². The Morgan fingerprint density at radius 1 is 1.25 bits per heavy atom. The van der Waals surface area contributed by atoms with Crippen molar-refractivity contribution in [2.45, 2.75) is 26.3 Å². The monoisotopic (exact) mass is 321 g/mol. The third-order valence-electron chi connectivity index (χ3n) is 4.02. The fourth-order valence-corrected chi connectivity index (χ4v) is 2.83. The number of hydrogen-bond donors (Lipinski definition) is 0. The van der Waals surface area contributed by atoms with Crippen LogP contribution >= 0.6 is 0 Å². The van der Waals surface area contributed by atoms with Crippen LogP contribution in [0, 0.1) is 6.92 Å². The maximum Gasteiger partial charge on any atom is 0.228 e. The molecule has 0 fully saturated rings. The van der Waals surface area contributed by atoms with Crippen LogP contribution < -0.4 is 4.90 Å². The molecule has 0 aliphatic carbocycles. The lowest BCUT2D eigenvalue weighted by molar-refractivity contribution is -0.119. The van der Waals surface area contributed by atoms with Crippen molar-refractivity contribution in [2.24, 2.45) is 0 Å². The minimum absolute atomic E-state index is 0.0297. The lowest BCUT2D eigenvalue weighted by Crippen LogP contribution is -2.36. The molecule has 0 spiro atoms. The van der Waals surface area contributed by atoms with E-state index in [2.05, 4.69) is 19.9 Å². The fraction of sp³-hybridized carbons (Fsp3) is 0.235. The van der Waals surface area contributed by atoms with Gasteiger partial charge in [-0.1, -0.05) is 0 Å². The van der Waals surface area contributed by atoms with Crippen LogP contribution in [0.25, 0.3) is 11.5 Å². The number of hydrogen-bond acceptors (Lipinski definition) is 6. The Balaban J connectivity index is 1.80. The molecule has 0 radical (unpaired) electrons. The van der Waals surface area contributed by atoms with Gasteiger partial charge < -0.3 is 4.42 Å². The molecular weight excluding hydrogens is 306 g/mol. The average molecular weight is 321 g/mol. The Morgan fingerprint density at radius 2 is 2.17 bits per heavy atom. The van der Waals surface area contributed by atoms with Gasteiger partial charge in [-0.05, 0) is 25.5 Å². The van der Waals surface area contributed by atoms with E-state index in [0.717, 1.165) is 11.3 Å². The molecule has 0 saturated heterocycles. The molecule has 4 heterocycles. The van der Waals surface area contributed by atoms with Gasteiger partial charge in [0.1, 0.15) is 17.3 Å². The van der Waals surface area contributed by atoms with Crippen LogP contribution in [0.3, 0.4) is 0 Å². The first kappa shape index (κ1) is 14.5. The quantitative estimate of drug-likeness (QED) is 0.736. The van der Waals surface area contributed by atoms with Gasteiger partial charge in [0, 0.05) is 30.1 Å². The highest BCUT2D eigenvalue weighted by molar-refractivity contribution is 5.95. The number of aromatic nitrogens is 4. The third kappa shape index (κ3) is 2.54. The number of aryl methyl sites for hydroxylation is 1. The molecule has 1 amide bonds. The van der Waals surface area contributed by atoms with E-state index in [0.29, 0.717) is 42.5 Å². The molecule has 24 heavy (non-hydrogen) atoms. The lowest BCUT2D eigenvalue weighted by atomic mass is 10.0. The molecule has 0 N–H and O–H groups in total. The molecule has 1 aliphatic heterocycles. The first-order chi connectivity index (χ1) is 11.7. The van der Waals surface area contributed by atoms with Crippen molar-refractivity contribution in [1.29, 1.82) is 0 Å². The Hall–Kier alpha value is -3.09. The van der Waals surface area contributed by atoms with Crippen molar-refractivity contribution in [2.75, 3.05) is 4.90 Å². The Morgan fingerprint density at radius 3 is 2.92 bits per heavy atom. The van der Waals surface area contributed by atoms with Gasteiger partial charge in [0.25, 0.3) is 0 Å². The summed E-state index contributed by atoms with van der Waals surface area (Å²) in [5.41, 5.74) is 2.44. The second-order valence-corrected chi connectivity index (χ2v) is 5.58. The van der Waals surface area contributed by atoms with E-state index in [4.69, 9.17) is 4.42 Å². The zero-order valence-corrected chi connectivity index (χ0v) is 13.1. The summed E-state index contributed by atoms with van der Waals surface area (Å²) in [7, 11) is 0.